The number of nitrogens with zero attached hydrogens (tertiary/aromatic N) is 3. The molecule has 0 saturated carbocycles. The Hall–Kier alpha value is -0.660. The number of carbonyl (C=O) groups is 1. The maximum atomic E-state index is 12.0. The molecule has 2 aliphatic rings. The molecule has 2 heterocycles. The number of carbonyl (C=O) groups excluding carboxylic acids is 1. The molecule has 2 fully saturated rings. The molecule has 7 heteroatoms. The molecular weight excluding hydrogens is 254 g/mol. The lowest BCUT2D eigenvalue weighted by atomic mass is 10.2. The molecule has 2 rings (SSSR count). The quantitative estimate of drug-likeness (QED) is 0.644. The minimum absolute atomic E-state index is 0.150. The molecule has 1 amide bonds. The van der Waals surface area contributed by atoms with Gasteiger partial charge in [-0.1, -0.05) is 0 Å². The van der Waals surface area contributed by atoms with Crippen molar-refractivity contribution in [3.8, 4) is 0 Å². The summed E-state index contributed by atoms with van der Waals surface area (Å²) >= 11 is -1.04. The highest BCUT2D eigenvalue weighted by Crippen LogP contribution is 2.22. The van der Waals surface area contributed by atoms with Gasteiger partial charge in [-0.2, -0.15) is 0 Å². The molecule has 6 nitrogen and oxygen atoms in total. The first-order chi connectivity index (χ1) is 8.28. The SMILES string of the molecule is CN1CC2CN(C(=O)OC(C)(C)C)CCN2S1=O. The van der Waals surface area contributed by atoms with Crippen LogP contribution in [0.3, 0.4) is 0 Å². The molecule has 0 aromatic rings. The van der Waals surface area contributed by atoms with Gasteiger partial charge >= 0.3 is 6.09 Å². The van der Waals surface area contributed by atoms with Crippen molar-refractivity contribution in [2.75, 3.05) is 33.2 Å². The van der Waals surface area contributed by atoms with Gasteiger partial charge in [0.05, 0.1) is 6.04 Å². The number of fused-ring (bicyclic) bond motifs is 1. The normalized spacial score (nSPS) is 30.3. The van der Waals surface area contributed by atoms with E-state index in [4.69, 9.17) is 4.74 Å². The Kier molecular flexibility index (Phi) is 3.66. The van der Waals surface area contributed by atoms with Crippen LogP contribution >= 0.6 is 0 Å². The summed E-state index contributed by atoms with van der Waals surface area (Å²) in [6, 6.07) is 0.150. The van der Waals surface area contributed by atoms with Crippen LogP contribution in [0.4, 0.5) is 4.79 Å². The Morgan fingerprint density at radius 3 is 2.56 bits per heavy atom. The molecule has 0 bridgehead atoms. The standard InChI is InChI=1S/C11H21N3O3S/c1-11(2,3)17-10(15)13-5-6-14-9(8-13)7-12(4)18(14)16/h9H,5-8H2,1-4H3. The van der Waals surface area contributed by atoms with Crippen molar-refractivity contribution in [1.29, 1.82) is 0 Å². The van der Waals surface area contributed by atoms with Crippen LogP contribution in [0.2, 0.25) is 0 Å². The summed E-state index contributed by atoms with van der Waals surface area (Å²) in [6.45, 7) is 8.11. The highest BCUT2D eigenvalue weighted by atomic mass is 32.2. The summed E-state index contributed by atoms with van der Waals surface area (Å²) in [5, 5.41) is 0. The first-order valence-corrected chi connectivity index (χ1v) is 7.22. The Morgan fingerprint density at radius 2 is 1.94 bits per heavy atom. The molecule has 0 radical (unpaired) electrons. The monoisotopic (exact) mass is 275 g/mol. The van der Waals surface area contributed by atoms with Gasteiger partial charge in [-0.3, -0.25) is 0 Å². The fourth-order valence-electron chi connectivity index (χ4n) is 2.22. The molecule has 2 atom stereocenters. The average Bonchev–Trinajstić information content (AvgIpc) is 2.52. The number of likely N-dealkylation sites (N-methyl/N-ethyl adjacent to an activating group) is 1. The molecule has 18 heavy (non-hydrogen) atoms. The van der Waals surface area contributed by atoms with Gasteiger partial charge in [-0.15, -0.1) is 0 Å². The van der Waals surface area contributed by atoms with Crippen LogP contribution in [0.25, 0.3) is 0 Å². The zero-order valence-corrected chi connectivity index (χ0v) is 12.2. The average molecular weight is 275 g/mol. The maximum absolute atomic E-state index is 12.0. The van der Waals surface area contributed by atoms with E-state index >= 15 is 0 Å². The van der Waals surface area contributed by atoms with E-state index in [0.717, 1.165) is 6.54 Å². The first-order valence-electron chi connectivity index (χ1n) is 6.15. The van der Waals surface area contributed by atoms with E-state index < -0.39 is 16.8 Å². The number of ether oxygens (including phenoxy) is 1. The second-order valence-electron chi connectivity index (χ2n) is 5.76. The molecule has 0 N–H and O–H groups in total. The second kappa shape index (κ2) is 4.79. The summed E-state index contributed by atoms with van der Waals surface area (Å²) in [6.07, 6.45) is -0.275. The van der Waals surface area contributed by atoms with Crippen molar-refractivity contribution >= 4 is 17.3 Å². The Morgan fingerprint density at radius 1 is 1.28 bits per heavy atom. The number of piperazine rings is 1. The van der Waals surface area contributed by atoms with Crippen LogP contribution in [0.15, 0.2) is 0 Å². The Balaban J connectivity index is 1.96. The number of rotatable bonds is 0. The van der Waals surface area contributed by atoms with Gasteiger partial charge in [0.2, 0.25) is 0 Å². The molecule has 0 aliphatic carbocycles. The third-order valence-electron chi connectivity index (χ3n) is 3.02. The van der Waals surface area contributed by atoms with Gasteiger partial charge in [-0.25, -0.2) is 17.6 Å². The van der Waals surface area contributed by atoms with Crippen molar-refractivity contribution in [3.05, 3.63) is 0 Å². The fraction of sp³-hybridized carbons (Fsp3) is 0.909. The molecule has 2 saturated heterocycles. The van der Waals surface area contributed by atoms with Crippen molar-refractivity contribution in [2.24, 2.45) is 0 Å². The van der Waals surface area contributed by atoms with Crippen LogP contribution in [0.1, 0.15) is 20.8 Å². The molecular formula is C11H21N3O3S. The summed E-state index contributed by atoms with van der Waals surface area (Å²) in [5.74, 6) is 0. The number of amides is 1. The molecule has 2 unspecified atom stereocenters. The van der Waals surface area contributed by atoms with Gasteiger partial charge < -0.3 is 9.64 Å². The van der Waals surface area contributed by atoms with E-state index in [-0.39, 0.29) is 12.1 Å². The van der Waals surface area contributed by atoms with E-state index in [2.05, 4.69) is 0 Å². The third-order valence-corrected chi connectivity index (χ3v) is 4.58. The third kappa shape index (κ3) is 2.84. The molecule has 0 aromatic carbocycles. The molecule has 2 aliphatic heterocycles. The molecule has 104 valence electrons. The van der Waals surface area contributed by atoms with Gasteiger partial charge in [0, 0.05) is 33.2 Å². The fourth-order valence-corrected chi connectivity index (χ4v) is 3.51. The smallest absolute Gasteiger partial charge is 0.410 e. The van der Waals surface area contributed by atoms with Crippen molar-refractivity contribution < 1.29 is 13.7 Å². The highest BCUT2D eigenvalue weighted by molar-refractivity contribution is 7.80. The molecule has 0 aromatic heterocycles. The van der Waals surface area contributed by atoms with Gasteiger partial charge in [0.1, 0.15) is 5.60 Å². The van der Waals surface area contributed by atoms with E-state index in [0.29, 0.717) is 19.6 Å². The zero-order chi connectivity index (χ0) is 13.5. The lowest BCUT2D eigenvalue weighted by Gasteiger charge is -2.36. The lowest BCUT2D eigenvalue weighted by Crippen LogP contribution is -2.53. The summed E-state index contributed by atoms with van der Waals surface area (Å²) < 4.78 is 21.0. The predicted molar refractivity (Wildman–Crippen MR) is 69.1 cm³/mol. The van der Waals surface area contributed by atoms with Crippen LogP contribution in [-0.4, -0.2) is 68.7 Å². The van der Waals surface area contributed by atoms with E-state index in [9.17, 15) is 9.00 Å². The van der Waals surface area contributed by atoms with E-state index in [1.54, 1.807) is 4.90 Å². The van der Waals surface area contributed by atoms with Crippen LogP contribution in [-0.2, 0) is 15.9 Å². The number of hydrogen-bond donors (Lipinski definition) is 0. The maximum Gasteiger partial charge on any atom is 0.410 e. The van der Waals surface area contributed by atoms with E-state index in [1.807, 2.05) is 36.4 Å². The predicted octanol–water partition coefficient (Wildman–Crippen LogP) is 0.432. The van der Waals surface area contributed by atoms with E-state index in [1.165, 1.54) is 0 Å². The summed E-state index contributed by atoms with van der Waals surface area (Å²) in [7, 11) is 1.84. The van der Waals surface area contributed by atoms with Crippen LogP contribution in [0, 0.1) is 0 Å². The van der Waals surface area contributed by atoms with Crippen molar-refractivity contribution in [1.82, 2.24) is 13.5 Å². The first kappa shape index (κ1) is 13.8. The summed E-state index contributed by atoms with van der Waals surface area (Å²) in [4.78, 5) is 13.7. The largest absolute Gasteiger partial charge is 0.444 e. The van der Waals surface area contributed by atoms with Crippen molar-refractivity contribution in [2.45, 2.75) is 32.4 Å². The zero-order valence-electron chi connectivity index (χ0n) is 11.4. The molecule has 0 spiro atoms. The van der Waals surface area contributed by atoms with Gasteiger partial charge in [0.25, 0.3) is 0 Å². The van der Waals surface area contributed by atoms with Crippen LogP contribution in [0.5, 0.6) is 0 Å². The van der Waals surface area contributed by atoms with Gasteiger partial charge in [-0.05, 0) is 20.8 Å². The summed E-state index contributed by atoms with van der Waals surface area (Å²) in [5.41, 5.74) is -0.469. The Bertz CT molecular complexity index is 369. The highest BCUT2D eigenvalue weighted by Gasteiger charge is 2.41. The Labute approximate surface area is 111 Å². The van der Waals surface area contributed by atoms with Crippen LogP contribution < -0.4 is 0 Å². The number of hydrogen-bond acceptors (Lipinski definition) is 3. The minimum atomic E-state index is -1.04. The minimum Gasteiger partial charge on any atom is -0.444 e. The van der Waals surface area contributed by atoms with Crippen molar-refractivity contribution in [3.63, 3.8) is 0 Å². The van der Waals surface area contributed by atoms with Gasteiger partial charge in [0.15, 0.2) is 11.2 Å². The topological polar surface area (TPSA) is 53.1 Å². The second-order valence-corrected chi connectivity index (χ2v) is 7.32. The lowest BCUT2D eigenvalue weighted by molar-refractivity contribution is 0.0148.